The Balaban J connectivity index is 2.20. The van der Waals surface area contributed by atoms with E-state index in [0.717, 1.165) is 25.7 Å². The summed E-state index contributed by atoms with van der Waals surface area (Å²) in [6, 6.07) is 5.06. The molecule has 0 spiro atoms. The van der Waals surface area contributed by atoms with Gasteiger partial charge in [-0.3, -0.25) is 0 Å². The molecule has 0 radical (unpaired) electrons. The predicted octanol–water partition coefficient (Wildman–Crippen LogP) is 2.72. The summed E-state index contributed by atoms with van der Waals surface area (Å²) in [6.07, 6.45) is 4.23. The maximum atomic E-state index is 11.2. The first-order chi connectivity index (χ1) is 8.58. The Bertz CT molecular complexity index is 451. The largest absolute Gasteiger partial charge is 0.478 e. The highest BCUT2D eigenvalue weighted by atomic mass is 35.5. The van der Waals surface area contributed by atoms with Gasteiger partial charge < -0.3 is 16.2 Å². The molecule has 0 heterocycles. The zero-order valence-electron chi connectivity index (χ0n) is 10.0. The van der Waals surface area contributed by atoms with E-state index in [1.165, 1.54) is 6.07 Å². The Morgan fingerprint density at radius 1 is 1.39 bits per heavy atom. The van der Waals surface area contributed by atoms with E-state index in [4.69, 9.17) is 22.4 Å². The zero-order chi connectivity index (χ0) is 13.1. The molecule has 0 aromatic heterocycles. The smallest absolute Gasteiger partial charge is 0.337 e. The number of benzene rings is 1. The fourth-order valence-corrected chi connectivity index (χ4v) is 2.53. The minimum atomic E-state index is -0.982. The fourth-order valence-electron chi connectivity index (χ4n) is 2.36. The van der Waals surface area contributed by atoms with E-state index in [-0.39, 0.29) is 17.6 Å². The third-order valence-corrected chi connectivity index (χ3v) is 3.61. The summed E-state index contributed by atoms with van der Waals surface area (Å²) in [5.74, 6) is -0.982. The lowest BCUT2D eigenvalue weighted by molar-refractivity contribution is 0.0698. The Kier molecular flexibility index (Phi) is 4.09. The molecule has 2 rings (SSSR count). The molecule has 1 aromatic carbocycles. The van der Waals surface area contributed by atoms with Gasteiger partial charge in [0, 0.05) is 22.8 Å². The van der Waals surface area contributed by atoms with Gasteiger partial charge in [-0.25, -0.2) is 4.79 Å². The van der Waals surface area contributed by atoms with Gasteiger partial charge in [-0.05, 0) is 31.0 Å². The second-order valence-electron chi connectivity index (χ2n) is 4.69. The molecular weight excluding hydrogens is 252 g/mol. The average Bonchev–Trinajstić information content (AvgIpc) is 2.34. The van der Waals surface area contributed by atoms with E-state index in [1.54, 1.807) is 12.1 Å². The third-order valence-electron chi connectivity index (χ3n) is 3.37. The number of hydrogen-bond acceptors (Lipinski definition) is 3. The maximum absolute atomic E-state index is 11.2. The highest BCUT2D eigenvalue weighted by Gasteiger charge is 2.23. The van der Waals surface area contributed by atoms with Crippen LogP contribution in [0.25, 0.3) is 0 Å². The van der Waals surface area contributed by atoms with Crippen molar-refractivity contribution in [3.63, 3.8) is 0 Å². The molecule has 0 aliphatic heterocycles. The van der Waals surface area contributed by atoms with Crippen LogP contribution in [0.1, 0.15) is 36.0 Å². The third kappa shape index (κ3) is 2.94. The van der Waals surface area contributed by atoms with E-state index in [0.29, 0.717) is 10.7 Å². The number of rotatable bonds is 3. The number of carbonyl (C=O) groups is 1. The lowest BCUT2D eigenvalue weighted by Gasteiger charge is -2.30. The second kappa shape index (κ2) is 5.59. The summed E-state index contributed by atoms with van der Waals surface area (Å²) in [5, 5.41) is 12.8. The number of carboxylic acids is 1. The number of nitrogens with one attached hydrogen (secondary N) is 1. The monoisotopic (exact) mass is 268 g/mol. The summed E-state index contributed by atoms with van der Waals surface area (Å²) < 4.78 is 0. The molecule has 0 amide bonds. The van der Waals surface area contributed by atoms with Crippen molar-refractivity contribution in [2.24, 2.45) is 5.73 Å². The summed E-state index contributed by atoms with van der Waals surface area (Å²) in [4.78, 5) is 11.2. The molecule has 4 nitrogen and oxygen atoms in total. The highest BCUT2D eigenvalue weighted by Crippen LogP contribution is 2.25. The number of aromatic carboxylic acids is 1. The topological polar surface area (TPSA) is 75.3 Å². The molecule has 1 aliphatic carbocycles. The van der Waals surface area contributed by atoms with Crippen LogP contribution in [0.3, 0.4) is 0 Å². The Morgan fingerprint density at radius 3 is 2.78 bits per heavy atom. The average molecular weight is 269 g/mol. The van der Waals surface area contributed by atoms with Crippen LogP contribution in [-0.2, 0) is 0 Å². The Labute approximate surface area is 111 Å². The van der Waals surface area contributed by atoms with Gasteiger partial charge in [-0.2, -0.15) is 0 Å². The van der Waals surface area contributed by atoms with E-state index in [2.05, 4.69) is 5.32 Å². The maximum Gasteiger partial charge on any atom is 0.337 e. The molecule has 4 N–H and O–H groups in total. The van der Waals surface area contributed by atoms with Crippen LogP contribution in [0.2, 0.25) is 5.02 Å². The number of carboxylic acid groups (broad SMARTS) is 1. The molecule has 2 atom stereocenters. The van der Waals surface area contributed by atoms with Gasteiger partial charge in [0.05, 0.1) is 5.56 Å². The minimum absolute atomic E-state index is 0.0797. The van der Waals surface area contributed by atoms with Crippen molar-refractivity contribution in [1.29, 1.82) is 0 Å². The van der Waals surface area contributed by atoms with Crippen LogP contribution in [0.15, 0.2) is 18.2 Å². The zero-order valence-corrected chi connectivity index (χ0v) is 10.8. The lowest BCUT2D eigenvalue weighted by atomic mass is 9.90. The summed E-state index contributed by atoms with van der Waals surface area (Å²) in [5.41, 5.74) is 6.83. The van der Waals surface area contributed by atoms with Gasteiger partial charge in [-0.1, -0.05) is 24.4 Å². The van der Waals surface area contributed by atoms with Crippen LogP contribution in [0.5, 0.6) is 0 Å². The van der Waals surface area contributed by atoms with Crippen molar-refractivity contribution in [1.82, 2.24) is 0 Å². The molecule has 5 heteroatoms. The summed E-state index contributed by atoms with van der Waals surface area (Å²) in [6.45, 7) is 0. The van der Waals surface area contributed by atoms with Gasteiger partial charge in [0.15, 0.2) is 0 Å². The van der Waals surface area contributed by atoms with Crippen molar-refractivity contribution in [3.05, 3.63) is 28.8 Å². The number of halogens is 1. The van der Waals surface area contributed by atoms with E-state index < -0.39 is 5.97 Å². The molecule has 1 fully saturated rings. The van der Waals surface area contributed by atoms with Gasteiger partial charge in [0.2, 0.25) is 0 Å². The van der Waals surface area contributed by atoms with Crippen molar-refractivity contribution in [2.75, 3.05) is 5.32 Å². The number of nitrogens with two attached hydrogens (primary N) is 1. The molecule has 1 aromatic rings. The molecule has 1 saturated carbocycles. The standard InChI is InChI=1S/C13H17ClN2O2/c14-8-5-6-11(9(7-8)13(17)18)16-12-4-2-1-3-10(12)15/h5-7,10,12,16H,1-4,15H2,(H,17,18). The fraction of sp³-hybridized carbons (Fsp3) is 0.462. The van der Waals surface area contributed by atoms with E-state index in [1.807, 2.05) is 0 Å². The molecule has 0 saturated heterocycles. The lowest BCUT2D eigenvalue weighted by Crippen LogP contribution is -2.42. The van der Waals surface area contributed by atoms with Crippen LogP contribution >= 0.6 is 11.6 Å². The first-order valence-electron chi connectivity index (χ1n) is 6.13. The van der Waals surface area contributed by atoms with Gasteiger partial charge in [-0.15, -0.1) is 0 Å². The minimum Gasteiger partial charge on any atom is -0.478 e. The number of anilines is 1. The molecule has 0 bridgehead atoms. The first kappa shape index (κ1) is 13.2. The van der Waals surface area contributed by atoms with Crippen molar-refractivity contribution < 1.29 is 9.90 Å². The van der Waals surface area contributed by atoms with Crippen molar-refractivity contribution in [2.45, 2.75) is 37.8 Å². The molecular formula is C13H17ClN2O2. The summed E-state index contributed by atoms with van der Waals surface area (Å²) >= 11 is 5.82. The van der Waals surface area contributed by atoms with Crippen LogP contribution in [-0.4, -0.2) is 23.2 Å². The molecule has 2 unspecified atom stereocenters. The highest BCUT2D eigenvalue weighted by molar-refractivity contribution is 6.31. The molecule has 1 aliphatic rings. The summed E-state index contributed by atoms with van der Waals surface area (Å²) in [7, 11) is 0. The quantitative estimate of drug-likeness (QED) is 0.788. The normalized spacial score (nSPS) is 23.7. The van der Waals surface area contributed by atoms with Gasteiger partial charge in [0.1, 0.15) is 0 Å². The van der Waals surface area contributed by atoms with Crippen molar-refractivity contribution in [3.8, 4) is 0 Å². The van der Waals surface area contributed by atoms with Crippen LogP contribution in [0.4, 0.5) is 5.69 Å². The second-order valence-corrected chi connectivity index (χ2v) is 5.13. The van der Waals surface area contributed by atoms with E-state index >= 15 is 0 Å². The van der Waals surface area contributed by atoms with Crippen LogP contribution < -0.4 is 11.1 Å². The van der Waals surface area contributed by atoms with Gasteiger partial charge in [0.25, 0.3) is 0 Å². The Morgan fingerprint density at radius 2 is 2.11 bits per heavy atom. The predicted molar refractivity (Wildman–Crippen MR) is 72.3 cm³/mol. The Hall–Kier alpha value is -1.26. The SMILES string of the molecule is NC1CCCCC1Nc1ccc(Cl)cc1C(=O)O. The van der Waals surface area contributed by atoms with Gasteiger partial charge >= 0.3 is 5.97 Å². The first-order valence-corrected chi connectivity index (χ1v) is 6.50. The molecule has 98 valence electrons. The van der Waals surface area contributed by atoms with E-state index in [9.17, 15) is 4.79 Å². The van der Waals surface area contributed by atoms with Crippen LogP contribution in [0, 0.1) is 0 Å². The number of hydrogen-bond donors (Lipinski definition) is 3. The van der Waals surface area contributed by atoms with Crippen molar-refractivity contribution >= 4 is 23.3 Å². The molecule has 18 heavy (non-hydrogen) atoms.